The van der Waals surface area contributed by atoms with Crippen LogP contribution < -0.4 is 0 Å². The molecule has 0 bridgehead atoms. The summed E-state index contributed by atoms with van der Waals surface area (Å²) in [6.07, 6.45) is 4.48. The minimum Gasteiger partial charge on any atom is -0.260 e. The predicted octanol–water partition coefficient (Wildman–Crippen LogP) is 3.77. The quantitative estimate of drug-likeness (QED) is 0.688. The maximum Gasteiger partial charge on any atom is 0.0499 e. The van der Waals surface area contributed by atoms with Crippen molar-refractivity contribution >= 4 is 22.4 Å². The maximum atomic E-state index is 6.06. The summed E-state index contributed by atoms with van der Waals surface area (Å²) in [4.78, 5) is 4.45. The number of hydrogen-bond donors (Lipinski definition) is 0. The molecular formula is C12H10ClN. The fourth-order valence-corrected chi connectivity index (χ4v) is 1.98. The molecule has 0 unspecified atom stereocenters. The molecular weight excluding hydrogens is 194 g/mol. The summed E-state index contributed by atoms with van der Waals surface area (Å²) in [5.74, 6) is 0.707. The van der Waals surface area contributed by atoms with Crippen LogP contribution in [0.15, 0.2) is 30.5 Å². The largest absolute Gasteiger partial charge is 0.260 e. The van der Waals surface area contributed by atoms with E-state index in [1.54, 1.807) is 0 Å². The van der Waals surface area contributed by atoms with Crippen LogP contribution in [0.3, 0.4) is 0 Å². The van der Waals surface area contributed by atoms with E-state index >= 15 is 0 Å². The van der Waals surface area contributed by atoms with Crippen molar-refractivity contribution in [3.05, 3.63) is 41.2 Å². The monoisotopic (exact) mass is 203 g/mol. The van der Waals surface area contributed by atoms with Gasteiger partial charge in [0.1, 0.15) is 0 Å². The smallest absolute Gasteiger partial charge is 0.0499 e. The van der Waals surface area contributed by atoms with Gasteiger partial charge in [-0.1, -0.05) is 23.7 Å². The van der Waals surface area contributed by atoms with Crippen molar-refractivity contribution in [1.82, 2.24) is 4.98 Å². The van der Waals surface area contributed by atoms with Gasteiger partial charge in [-0.15, -0.1) is 0 Å². The zero-order valence-corrected chi connectivity index (χ0v) is 8.46. The van der Waals surface area contributed by atoms with Gasteiger partial charge in [-0.3, -0.25) is 4.98 Å². The lowest BCUT2D eigenvalue weighted by Gasteiger charge is -2.02. The van der Waals surface area contributed by atoms with Crippen molar-refractivity contribution in [3.63, 3.8) is 0 Å². The van der Waals surface area contributed by atoms with E-state index in [9.17, 15) is 0 Å². The lowest BCUT2D eigenvalue weighted by atomic mass is 10.1. The van der Waals surface area contributed by atoms with Gasteiger partial charge in [0.15, 0.2) is 0 Å². The molecule has 0 N–H and O–H groups in total. The molecule has 1 aromatic heterocycles. The second-order valence-corrected chi connectivity index (χ2v) is 4.25. The van der Waals surface area contributed by atoms with Gasteiger partial charge in [0.05, 0.1) is 0 Å². The van der Waals surface area contributed by atoms with Gasteiger partial charge >= 0.3 is 0 Å². The van der Waals surface area contributed by atoms with Crippen LogP contribution in [0.25, 0.3) is 10.8 Å². The topological polar surface area (TPSA) is 12.9 Å². The lowest BCUT2D eigenvalue weighted by molar-refractivity contribution is 1.03. The SMILES string of the molecule is Clc1cccc2cc(C3CC3)ncc12. The number of rotatable bonds is 1. The highest BCUT2D eigenvalue weighted by Crippen LogP contribution is 2.39. The second-order valence-electron chi connectivity index (χ2n) is 3.84. The highest BCUT2D eigenvalue weighted by atomic mass is 35.5. The summed E-state index contributed by atoms with van der Waals surface area (Å²) in [6, 6.07) is 8.15. The number of hydrogen-bond acceptors (Lipinski definition) is 1. The second kappa shape index (κ2) is 2.96. The molecule has 1 nitrogen and oxygen atoms in total. The Labute approximate surface area is 87.7 Å². The Morgan fingerprint density at radius 2 is 2.14 bits per heavy atom. The van der Waals surface area contributed by atoms with Crippen LogP contribution in [-0.4, -0.2) is 4.98 Å². The highest BCUT2D eigenvalue weighted by Gasteiger charge is 2.24. The van der Waals surface area contributed by atoms with Crippen LogP contribution >= 0.6 is 11.6 Å². The average molecular weight is 204 g/mol. The number of benzene rings is 1. The molecule has 14 heavy (non-hydrogen) atoms. The van der Waals surface area contributed by atoms with Crippen molar-refractivity contribution in [2.75, 3.05) is 0 Å². The summed E-state index contributed by atoms with van der Waals surface area (Å²) < 4.78 is 0. The average Bonchev–Trinajstić information content (AvgIpc) is 3.01. The number of fused-ring (bicyclic) bond motifs is 1. The molecule has 0 amide bonds. The van der Waals surface area contributed by atoms with Crippen molar-refractivity contribution in [2.45, 2.75) is 18.8 Å². The molecule has 70 valence electrons. The summed E-state index contributed by atoms with van der Waals surface area (Å²) in [5, 5.41) is 3.05. The normalized spacial score (nSPS) is 16.1. The first-order valence-corrected chi connectivity index (χ1v) is 5.26. The summed E-state index contributed by atoms with van der Waals surface area (Å²) >= 11 is 6.06. The Bertz CT molecular complexity index is 489. The van der Waals surface area contributed by atoms with Gasteiger partial charge in [0.2, 0.25) is 0 Å². The third-order valence-corrected chi connectivity index (χ3v) is 3.06. The molecule has 1 saturated carbocycles. The number of nitrogens with zero attached hydrogens (tertiary/aromatic N) is 1. The maximum absolute atomic E-state index is 6.06. The first-order chi connectivity index (χ1) is 6.84. The van der Waals surface area contributed by atoms with Crippen LogP contribution in [-0.2, 0) is 0 Å². The van der Waals surface area contributed by atoms with Gasteiger partial charge in [-0.2, -0.15) is 0 Å². The van der Waals surface area contributed by atoms with E-state index in [0.29, 0.717) is 5.92 Å². The molecule has 0 radical (unpaired) electrons. The molecule has 1 heterocycles. The predicted molar refractivity (Wildman–Crippen MR) is 58.7 cm³/mol. The minimum absolute atomic E-state index is 0.707. The van der Waals surface area contributed by atoms with Crippen molar-refractivity contribution in [2.24, 2.45) is 0 Å². The van der Waals surface area contributed by atoms with Crippen LogP contribution in [0.5, 0.6) is 0 Å². The molecule has 1 aliphatic rings. The van der Waals surface area contributed by atoms with E-state index in [2.05, 4.69) is 17.1 Å². The standard InChI is InChI=1S/C12H10ClN/c13-11-3-1-2-9-6-12(8-4-5-8)14-7-10(9)11/h1-3,6-8H,4-5H2. The fourth-order valence-electron chi connectivity index (χ4n) is 1.75. The van der Waals surface area contributed by atoms with Crippen LogP contribution in [0, 0.1) is 0 Å². The molecule has 0 aliphatic heterocycles. The Kier molecular flexibility index (Phi) is 1.74. The first-order valence-electron chi connectivity index (χ1n) is 4.89. The fraction of sp³-hybridized carbons (Fsp3) is 0.250. The van der Waals surface area contributed by atoms with Crippen LogP contribution in [0.4, 0.5) is 0 Å². The molecule has 0 saturated heterocycles. The van der Waals surface area contributed by atoms with E-state index in [4.69, 9.17) is 11.6 Å². The molecule has 1 aromatic carbocycles. The summed E-state index contributed by atoms with van der Waals surface area (Å²) in [5.41, 5.74) is 1.22. The van der Waals surface area contributed by atoms with Gasteiger partial charge in [0, 0.05) is 28.2 Å². The molecule has 0 spiro atoms. The Morgan fingerprint density at radius 3 is 2.93 bits per heavy atom. The van der Waals surface area contributed by atoms with Crippen molar-refractivity contribution in [3.8, 4) is 0 Å². The van der Waals surface area contributed by atoms with Gasteiger partial charge in [-0.05, 0) is 30.4 Å². The zero-order chi connectivity index (χ0) is 9.54. The summed E-state index contributed by atoms with van der Waals surface area (Å²) in [6.45, 7) is 0. The Morgan fingerprint density at radius 1 is 1.29 bits per heavy atom. The van der Waals surface area contributed by atoms with Gasteiger partial charge in [0.25, 0.3) is 0 Å². The minimum atomic E-state index is 0.707. The van der Waals surface area contributed by atoms with E-state index in [0.717, 1.165) is 10.4 Å². The van der Waals surface area contributed by atoms with Gasteiger partial charge < -0.3 is 0 Å². The lowest BCUT2D eigenvalue weighted by Crippen LogP contribution is -1.86. The van der Waals surface area contributed by atoms with Crippen molar-refractivity contribution < 1.29 is 0 Å². The number of aromatic nitrogens is 1. The first kappa shape index (κ1) is 8.25. The molecule has 0 atom stereocenters. The van der Waals surface area contributed by atoms with Gasteiger partial charge in [-0.25, -0.2) is 0 Å². The number of halogens is 1. The molecule has 3 rings (SSSR count). The van der Waals surface area contributed by atoms with Crippen molar-refractivity contribution in [1.29, 1.82) is 0 Å². The molecule has 2 aromatic rings. The van der Waals surface area contributed by atoms with Crippen LogP contribution in [0.1, 0.15) is 24.5 Å². The van der Waals surface area contributed by atoms with E-state index in [1.165, 1.54) is 23.9 Å². The molecule has 1 aliphatic carbocycles. The van der Waals surface area contributed by atoms with E-state index in [1.807, 2.05) is 18.3 Å². The molecule has 2 heteroatoms. The molecule has 1 fully saturated rings. The van der Waals surface area contributed by atoms with Crippen LogP contribution in [0.2, 0.25) is 5.02 Å². The third-order valence-electron chi connectivity index (χ3n) is 2.73. The summed E-state index contributed by atoms with van der Waals surface area (Å²) in [7, 11) is 0. The van der Waals surface area contributed by atoms with E-state index in [-0.39, 0.29) is 0 Å². The zero-order valence-electron chi connectivity index (χ0n) is 7.70. The number of pyridine rings is 1. The highest BCUT2D eigenvalue weighted by molar-refractivity contribution is 6.35. The Hall–Kier alpha value is -1.08. The van der Waals surface area contributed by atoms with E-state index < -0.39 is 0 Å². The third kappa shape index (κ3) is 1.28. The Balaban J connectivity index is 2.23.